The third-order valence-electron chi connectivity index (χ3n) is 8.18. The van der Waals surface area contributed by atoms with E-state index in [4.69, 9.17) is 16.3 Å². The van der Waals surface area contributed by atoms with Crippen molar-refractivity contribution in [2.24, 2.45) is 11.3 Å². The van der Waals surface area contributed by atoms with Crippen LogP contribution in [0.4, 0.5) is 11.4 Å². The number of rotatable bonds is 8. The first kappa shape index (κ1) is 28.5. The van der Waals surface area contributed by atoms with E-state index in [-0.39, 0.29) is 6.10 Å². The molecule has 0 amide bonds. The first-order valence-corrected chi connectivity index (χ1v) is 13.6. The lowest BCUT2D eigenvalue weighted by atomic mass is 9.69. The molecule has 2 atom stereocenters. The number of aliphatic carboxylic acids is 1. The average Bonchev–Trinajstić information content (AvgIpc) is 3.06. The highest BCUT2D eigenvalue weighted by atomic mass is 16.5. The molecule has 0 radical (unpaired) electrons. The fraction of sp³-hybridized carbons (Fsp3) is 0.406. The summed E-state index contributed by atoms with van der Waals surface area (Å²) in [5.74, 6) is 5.67. The predicted molar refractivity (Wildman–Crippen MR) is 158 cm³/mol. The zero-order chi connectivity index (χ0) is 28.5. The van der Waals surface area contributed by atoms with Gasteiger partial charge in [0.15, 0.2) is 0 Å². The van der Waals surface area contributed by atoms with Crippen molar-refractivity contribution in [3.05, 3.63) is 88.0 Å². The molecule has 7 heteroatoms. The molecule has 1 aliphatic rings. The average molecular weight is 531 g/mol. The summed E-state index contributed by atoms with van der Waals surface area (Å²) in [6, 6.07) is 18.4. The Morgan fingerprint density at radius 2 is 1.90 bits per heavy atom. The summed E-state index contributed by atoms with van der Waals surface area (Å²) in [5, 5.41) is 11.8. The van der Waals surface area contributed by atoms with Crippen molar-refractivity contribution < 1.29 is 14.6 Å². The Hall–Kier alpha value is -3.55. The molecule has 208 valence electrons. The van der Waals surface area contributed by atoms with Gasteiger partial charge in [-0.2, -0.15) is 0 Å². The largest absolute Gasteiger partial charge is 0.489 e. The molecule has 0 spiro atoms. The van der Waals surface area contributed by atoms with Crippen LogP contribution in [-0.2, 0) is 17.9 Å². The number of aryl methyl sites for hydroxylation is 1. The van der Waals surface area contributed by atoms with Crippen molar-refractivity contribution in [3.8, 4) is 5.75 Å². The van der Waals surface area contributed by atoms with Crippen molar-refractivity contribution in [3.63, 3.8) is 0 Å². The molecular weight excluding hydrogens is 488 g/mol. The van der Waals surface area contributed by atoms with Crippen LogP contribution in [-0.4, -0.2) is 35.7 Å². The van der Waals surface area contributed by atoms with Gasteiger partial charge in [0.1, 0.15) is 11.9 Å². The highest BCUT2D eigenvalue weighted by Crippen LogP contribution is 2.45. The number of nitrogens with zero attached hydrogens (tertiary/aromatic N) is 2. The molecule has 0 saturated heterocycles. The number of carboxylic acid groups (broad SMARTS) is 1. The Kier molecular flexibility index (Phi) is 8.23. The normalized spacial score (nSPS) is 16.6. The minimum Gasteiger partial charge on any atom is -0.489 e. The van der Waals surface area contributed by atoms with Crippen molar-refractivity contribution in [2.75, 3.05) is 24.3 Å². The summed E-state index contributed by atoms with van der Waals surface area (Å²) in [5.41, 5.74) is 12.9. The number of fused-ring (bicyclic) bond motifs is 1. The van der Waals surface area contributed by atoms with Gasteiger partial charge in [-0.15, -0.1) is 0 Å². The van der Waals surface area contributed by atoms with E-state index in [2.05, 4.69) is 49.1 Å². The quantitative estimate of drug-likeness (QED) is 0.197. The highest BCUT2D eigenvalue weighted by Gasteiger charge is 2.40. The molecule has 7 nitrogen and oxygen atoms in total. The first-order chi connectivity index (χ1) is 18.4. The molecule has 3 aromatic rings. The number of carbonyl (C=O) groups is 1. The Labute approximate surface area is 232 Å². The van der Waals surface area contributed by atoms with Gasteiger partial charge in [-0.1, -0.05) is 49.4 Å². The van der Waals surface area contributed by atoms with Crippen LogP contribution in [0.5, 0.6) is 5.75 Å². The predicted octanol–water partition coefficient (Wildman–Crippen LogP) is 5.61. The Morgan fingerprint density at radius 1 is 1.18 bits per heavy atom. The maximum absolute atomic E-state index is 12.6. The van der Waals surface area contributed by atoms with Crippen LogP contribution >= 0.6 is 0 Å². The molecule has 39 heavy (non-hydrogen) atoms. The molecular formula is C32H42N4O3. The fourth-order valence-electron chi connectivity index (χ4n) is 5.63. The van der Waals surface area contributed by atoms with Gasteiger partial charge < -0.3 is 20.6 Å². The second-order valence-corrected chi connectivity index (χ2v) is 11.4. The Bertz CT molecular complexity index is 1350. The summed E-state index contributed by atoms with van der Waals surface area (Å²) in [6.45, 7) is 12.1. The maximum Gasteiger partial charge on any atom is 0.310 e. The lowest BCUT2D eigenvalue weighted by Gasteiger charge is -2.34. The van der Waals surface area contributed by atoms with Crippen LogP contribution < -0.4 is 21.3 Å². The topological polar surface area (TPSA) is 105 Å². The van der Waals surface area contributed by atoms with Crippen LogP contribution in [0.1, 0.15) is 66.5 Å². The van der Waals surface area contributed by atoms with E-state index in [0.29, 0.717) is 11.4 Å². The number of benzene rings is 3. The molecule has 4 rings (SSSR count). The van der Waals surface area contributed by atoms with Crippen LogP contribution in [0.3, 0.4) is 0 Å². The number of hydrazine groups is 1. The second-order valence-electron chi connectivity index (χ2n) is 11.4. The van der Waals surface area contributed by atoms with Gasteiger partial charge in [0.2, 0.25) is 0 Å². The monoisotopic (exact) mass is 530 g/mol. The number of nitrogen functional groups attached to an aromatic ring is 1. The minimum atomic E-state index is -1.08. The third-order valence-corrected chi connectivity index (χ3v) is 8.18. The van der Waals surface area contributed by atoms with E-state index in [1.807, 2.05) is 31.2 Å². The number of nitrogens with two attached hydrogens (primary N) is 2. The molecule has 1 aliphatic heterocycles. The minimum absolute atomic E-state index is 0.112. The lowest BCUT2D eigenvalue weighted by Crippen LogP contribution is -2.34. The third kappa shape index (κ3) is 5.75. The standard InChI is InChI=1S/C32H42N4O3/c1-7-25-19-36(17-23-10-8-9-11-28(23)39-25)18-24-16-22(13-12-20(24)2)29(32(4,5)31(37)38)26-14-15-27(35(6)34)30(33)21(26)3/h8-16,25,29H,7,17-19,33-34H2,1-6H3,(H,37,38)/t25-,29?/m1/s1. The molecule has 0 saturated carbocycles. The Balaban J connectivity index is 1.76. The summed E-state index contributed by atoms with van der Waals surface area (Å²) in [7, 11) is 1.74. The van der Waals surface area contributed by atoms with Gasteiger partial charge in [0.05, 0.1) is 16.8 Å². The van der Waals surface area contributed by atoms with Gasteiger partial charge in [-0.05, 0) is 74.1 Å². The van der Waals surface area contributed by atoms with Gasteiger partial charge >= 0.3 is 5.97 Å². The van der Waals surface area contributed by atoms with E-state index in [0.717, 1.165) is 48.5 Å². The fourth-order valence-corrected chi connectivity index (χ4v) is 5.63. The van der Waals surface area contributed by atoms with Crippen molar-refractivity contribution in [1.82, 2.24) is 4.90 Å². The molecule has 0 aliphatic carbocycles. The molecule has 0 aromatic heterocycles. The van der Waals surface area contributed by atoms with Gasteiger partial charge in [-0.25, -0.2) is 5.84 Å². The SMILES string of the molecule is CC[C@@H]1CN(Cc2cc(C(c3ccc(N(C)N)c(N)c3C)C(C)(C)C(=O)O)ccc2C)Cc2ccccc2O1. The zero-order valence-corrected chi connectivity index (χ0v) is 24.0. The van der Waals surface area contributed by atoms with E-state index in [1.54, 1.807) is 20.9 Å². The highest BCUT2D eigenvalue weighted by molar-refractivity contribution is 5.78. The van der Waals surface area contributed by atoms with E-state index in [1.165, 1.54) is 21.7 Å². The molecule has 5 N–H and O–H groups in total. The summed E-state index contributed by atoms with van der Waals surface area (Å²) in [4.78, 5) is 15.0. The molecule has 0 fully saturated rings. The summed E-state index contributed by atoms with van der Waals surface area (Å²) >= 11 is 0. The van der Waals surface area contributed by atoms with E-state index in [9.17, 15) is 9.90 Å². The number of hydrogen-bond acceptors (Lipinski definition) is 6. The first-order valence-electron chi connectivity index (χ1n) is 13.6. The summed E-state index contributed by atoms with van der Waals surface area (Å²) in [6.07, 6.45) is 1.04. The van der Waals surface area contributed by atoms with Gasteiger partial charge in [-0.3, -0.25) is 9.69 Å². The number of carboxylic acids is 1. The number of anilines is 2. The summed E-state index contributed by atoms with van der Waals surface area (Å²) < 4.78 is 6.31. The zero-order valence-electron chi connectivity index (χ0n) is 24.0. The smallest absolute Gasteiger partial charge is 0.310 e. The van der Waals surface area contributed by atoms with Crippen LogP contribution in [0.15, 0.2) is 54.6 Å². The van der Waals surface area contributed by atoms with E-state index < -0.39 is 17.3 Å². The van der Waals surface area contributed by atoms with E-state index >= 15 is 0 Å². The second kappa shape index (κ2) is 11.3. The molecule has 1 heterocycles. The number of ether oxygens (including phenoxy) is 1. The Morgan fingerprint density at radius 3 is 2.56 bits per heavy atom. The van der Waals surface area contributed by atoms with Crippen molar-refractivity contribution in [2.45, 2.75) is 66.2 Å². The van der Waals surface area contributed by atoms with Crippen LogP contribution in [0, 0.1) is 19.3 Å². The van der Waals surface area contributed by atoms with Crippen molar-refractivity contribution in [1.29, 1.82) is 0 Å². The van der Waals surface area contributed by atoms with Crippen molar-refractivity contribution >= 4 is 17.3 Å². The number of para-hydroxylation sites is 1. The van der Waals surface area contributed by atoms with Crippen LogP contribution in [0.25, 0.3) is 0 Å². The van der Waals surface area contributed by atoms with Gasteiger partial charge in [0.25, 0.3) is 0 Å². The van der Waals surface area contributed by atoms with Crippen LogP contribution in [0.2, 0.25) is 0 Å². The lowest BCUT2D eigenvalue weighted by molar-refractivity contribution is -0.147. The molecule has 3 aromatic carbocycles. The number of hydrogen-bond donors (Lipinski definition) is 3. The molecule has 0 bridgehead atoms. The molecule has 1 unspecified atom stereocenters. The van der Waals surface area contributed by atoms with Gasteiger partial charge in [0, 0.05) is 38.2 Å². The maximum atomic E-state index is 12.6.